The molecule has 2 aliphatic rings. The zero-order valence-corrected chi connectivity index (χ0v) is 12.6. The topological polar surface area (TPSA) is 40.5 Å². The van der Waals surface area contributed by atoms with E-state index in [9.17, 15) is 4.79 Å². The number of carbonyl (C=O) groups excluding carboxylic acids is 1. The largest absolute Gasteiger partial charge is 0.396 e. The molecule has 1 aromatic carbocycles. The molecule has 1 saturated carbocycles. The van der Waals surface area contributed by atoms with Crippen LogP contribution in [0.1, 0.15) is 44.1 Å². The van der Waals surface area contributed by atoms with Crippen molar-refractivity contribution in [3.63, 3.8) is 0 Å². The van der Waals surface area contributed by atoms with E-state index < -0.39 is 0 Å². The van der Waals surface area contributed by atoms with Crippen LogP contribution in [0.5, 0.6) is 0 Å². The third-order valence-corrected chi connectivity index (χ3v) is 5.30. The number of benzene rings is 1. The van der Waals surface area contributed by atoms with Crippen LogP contribution < -0.4 is 0 Å². The first-order valence-electron chi connectivity index (χ1n) is 8.22. The van der Waals surface area contributed by atoms with Crippen LogP contribution in [0.3, 0.4) is 0 Å². The fourth-order valence-electron chi connectivity index (χ4n) is 4.10. The summed E-state index contributed by atoms with van der Waals surface area (Å²) in [6.07, 6.45) is 6.12. The first-order valence-corrected chi connectivity index (χ1v) is 8.22. The van der Waals surface area contributed by atoms with Gasteiger partial charge in [0.15, 0.2) is 0 Å². The number of nitrogens with zero attached hydrogens (tertiary/aromatic N) is 1. The molecule has 1 N–H and O–H groups in total. The molecule has 3 rings (SSSR count). The maximum atomic E-state index is 13.2. The van der Waals surface area contributed by atoms with E-state index in [1.54, 1.807) is 0 Å². The first kappa shape index (κ1) is 14.6. The van der Waals surface area contributed by atoms with Crippen LogP contribution in [0.2, 0.25) is 0 Å². The van der Waals surface area contributed by atoms with E-state index in [1.165, 1.54) is 5.56 Å². The molecule has 1 aliphatic heterocycles. The average molecular weight is 287 g/mol. The fourth-order valence-corrected chi connectivity index (χ4v) is 4.10. The van der Waals surface area contributed by atoms with E-state index >= 15 is 0 Å². The van der Waals surface area contributed by atoms with Crippen molar-refractivity contribution in [1.29, 1.82) is 0 Å². The highest BCUT2D eigenvalue weighted by Crippen LogP contribution is 2.43. The zero-order valence-electron chi connectivity index (χ0n) is 12.6. The second-order valence-electron chi connectivity index (χ2n) is 6.57. The molecule has 0 radical (unpaired) electrons. The lowest BCUT2D eigenvalue weighted by molar-refractivity contribution is -0.136. The second-order valence-corrected chi connectivity index (χ2v) is 6.57. The number of amides is 1. The molecule has 1 heterocycles. The maximum Gasteiger partial charge on any atom is 0.233 e. The third kappa shape index (κ3) is 2.71. The van der Waals surface area contributed by atoms with Gasteiger partial charge in [0, 0.05) is 19.7 Å². The van der Waals surface area contributed by atoms with Crippen LogP contribution in [-0.2, 0) is 10.2 Å². The molecule has 1 unspecified atom stereocenters. The Balaban J connectivity index is 1.80. The Morgan fingerprint density at radius 1 is 1.24 bits per heavy atom. The molecule has 1 saturated heterocycles. The van der Waals surface area contributed by atoms with E-state index in [1.807, 2.05) is 18.2 Å². The van der Waals surface area contributed by atoms with Gasteiger partial charge in [-0.15, -0.1) is 0 Å². The SMILES string of the molecule is O=C(N1CCC(CCO)C1)C1(c2ccccc2)CCCC1. The third-order valence-electron chi connectivity index (χ3n) is 5.30. The fraction of sp³-hybridized carbons (Fsp3) is 0.611. The van der Waals surface area contributed by atoms with Crippen LogP contribution in [0, 0.1) is 5.92 Å². The molecule has 2 fully saturated rings. The molecule has 3 heteroatoms. The second kappa shape index (κ2) is 6.18. The van der Waals surface area contributed by atoms with Crippen molar-refractivity contribution >= 4 is 5.91 Å². The Hall–Kier alpha value is -1.35. The van der Waals surface area contributed by atoms with Gasteiger partial charge in [0.1, 0.15) is 0 Å². The Bertz CT molecular complexity index is 479. The molecule has 114 valence electrons. The highest BCUT2D eigenvalue weighted by Gasteiger charge is 2.45. The van der Waals surface area contributed by atoms with Crippen molar-refractivity contribution in [3.05, 3.63) is 35.9 Å². The maximum absolute atomic E-state index is 13.2. The molecule has 1 aromatic rings. The molecule has 1 atom stereocenters. The Morgan fingerprint density at radius 2 is 1.95 bits per heavy atom. The van der Waals surface area contributed by atoms with Gasteiger partial charge >= 0.3 is 0 Å². The van der Waals surface area contributed by atoms with Gasteiger partial charge < -0.3 is 10.0 Å². The molecule has 3 nitrogen and oxygen atoms in total. The lowest BCUT2D eigenvalue weighted by Crippen LogP contribution is -2.44. The molecular weight excluding hydrogens is 262 g/mol. The monoisotopic (exact) mass is 287 g/mol. The predicted octanol–water partition coefficient (Wildman–Crippen LogP) is 2.73. The van der Waals surface area contributed by atoms with Gasteiger partial charge in [-0.05, 0) is 37.2 Å². The molecular formula is C18H25NO2. The zero-order chi connectivity index (χ0) is 14.7. The number of rotatable bonds is 4. The van der Waals surface area contributed by atoms with Crippen LogP contribution in [0.25, 0.3) is 0 Å². The van der Waals surface area contributed by atoms with Crippen molar-refractivity contribution in [1.82, 2.24) is 4.90 Å². The van der Waals surface area contributed by atoms with Gasteiger partial charge in [0.25, 0.3) is 0 Å². The summed E-state index contributed by atoms with van der Waals surface area (Å²) in [5.74, 6) is 0.805. The minimum absolute atomic E-state index is 0.233. The van der Waals surface area contributed by atoms with Crippen LogP contribution in [-0.4, -0.2) is 35.6 Å². The molecule has 1 aliphatic carbocycles. The number of likely N-dealkylation sites (tertiary alicyclic amines) is 1. The highest BCUT2D eigenvalue weighted by molar-refractivity contribution is 5.88. The van der Waals surface area contributed by atoms with Gasteiger partial charge in [-0.2, -0.15) is 0 Å². The summed E-state index contributed by atoms with van der Waals surface area (Å²) < 4.78 is 0. The molecule has 0 aromatic heterocycles. The van der Waals surface area contributed by atoms with Gasteiger partial charge in [0.2, 0.25) is 5.91 Å². The van der Waals surface area contributed by atoms with E-state index in [-0.39, 0.29) is 12.0 Å². The lowest BCUT2D eigenvalue weighted by atomic mass is 9.77. The van der Waals surface area contributed by atoms with E-state index in [0.717, 1.165) is 51.6 Å². The molecule has 1 amide bonds. The van der Waals surface area contributed by atoms with Crippen molar-refractivity contribution < 1.29 is 9.90 Å². The number of hydrogen-bond donors (Lipinski definition) is 1. The summed E-state index contributed by atoms with van der Waals surface area (Å²) >= 11 is 0. The summed E-state index contributed by atoms with van der Waals surface area (Å²) in [4.78, 5) is 15.2. The molecule has 0 bridgehead atoms. The highest BCUT2D eigenvalue weighted by atomic mass is 16.3. The summed E-state index contributed by atoms with van der Waals surface area (Å²) in [7, 11) is 0. The standard InChI is InChI=1S/C18H25NO2/c20-13-9-15-8-12-19(14-15)17(21)18(10-4-5-11-18)16-6-2-1-3-7-16/h1-3,6-7,15,20H,4-5,8-14H2. The lowest BCUT2D eigenvalue weighted by Gasteiger charge is -2.33. The van der Waals surface area contributed by atoms with Gasteiger partial charge in [-0.3, -0.25) is 4.79 Å². The number of hydrogen-bond acceptors (Lipinski definition) is 2. The predicted molar refractivity (Wildman–Crippen MR) is 83.0 cm³/mol. The van der Waals surface area contributed by atoms with E-state index in [0.29, 0.717) is 11.8 Å². The van der Waals surface area contributed by atoms with Crippen molar-refractivity contribution in [2.24, 2.45) is 5.92 Å². The van der Waals surface area contributed by atoms with Crippen molar-refractivity contribution in [2.45, 2.75) is 43.9 Å². The van der Waals surface area contributed by atoms with Crippen LogP contribution in [0.4, 0.5) is 0 Å². The van der Waals surface area contributed by atoms with E-state index in [2.05, 4.69) is 17.0 Å². The van der Waals surface area contributed by atoms with Gasteiger partial charge in [0.05, 0.1) is 5.41 Å². The van der Waals surface area contributed by atoms with E-state index in [4.69, 9.17) is 5.11 Å². The molecule has 0 spiro atoms. The van der Waals surface area contributed by atoms with Gasteiger partial charge in [-0.25, -0.2) is 0 Å². The van der Waals surface area contributed by atoms with Crippen molar-refractivity contribution in [3.8, 4) is 0 Å². The minimum Gasteiger partial charge on any atom is -0.396 e. The smallest absolute Gasteiger partial charge is 0.233 e. The Labute approximate surface area is 127 Å². The Kier molecular flexibility index (Phi) is 4.29. The minimum atomic E-state index is -0.282. The summed E-state index contributed by atoms with van der Waals surface area (Å²) in [5, 5.41) is 9.09. The first-order chi connectivity index (χ1) is 10.3. The number of carbonyl (C=O) groups is 1. The summed E-state index contributed by atoms with van der Waals surface area (Å²) in [6, 6.07) is 10.3. The van der Waals surface area contributed by atoms with Crippen LogP contribution in [0.15, 0.2) is 30.3 Å². The van der Waals surface area contributed by atoms with Gasteiger partial charge in [-0.1, -0.05) is 43.2 Å². The summed E-state index contributed by atoms with van der Waals surface area (Å²) in [6.45, 7) is 1.92. The van der Waals surface area contributed by atoms with Crippen LogP contribution >= 0.6 is 0 Å². The number of aliphatic hydroxyl groups is 1. The van der Waals surface area contributed by atoms with Crippen molar-refractivity contribution in [2.75, 3.05) is 19.7 Å². The average Bonchev–Trinajstić information content (AvgIpc) is 3.18. The summed E-state index contributed by atoms with van der Waals surface area (Å²) in [5.41, 5.74) is 0.910. The molecule has 21 heavy (non-hydrogen) atoms. The Morgan fingerprint density at radius 3 is 2.62 bits per heavy atom. The normalized spacial score (nSPS) is 24.4. The quantitative estimate of drug-likeness (QED) is 0.925. The number of aliphatic hydroxyl groups excluding tert-OH is 1.